The van der Waals surface area contributed by atoms with Gasteiger partial charge in [0.15, 0.2) is 0 Å². The van der Waals surface area contributed by atoms with Crippen molar-refractivity contribution in [2.75, 3.05) is 18.5 Å². The smallest absolute Gasteiger partial charge is 0.264 e. The Morgan fingerprint density at radius 1 is 1.13 bits per heavy atom. The Kier molecular flexibility index (Phi) is 4.98. The zero-order valence-electron chi connectivity index (χ0n) is 16.9. The number of methoxy groups -OCH3 is 1. The average Bonchev–Trinajstić information content (AvgIpc) is 3.07. The van der Waals surface area contributed by atoms with Gasteiger partial charge in [-0.05, 0) is 19.1 Å². The largest absolute Gasteiger partial charge is 0.496 e. The number of nitrogens with zero attached hydrogens (tertiary/aromatic N) is 3. The molecule has 1 N–H and O–H groups in total. The molecule has 4 rings (SSSR count). The molecule has 0 saturated heterocycles. The molecule has 1 aromatic heterocycles. The van der Waals surface area contributed by atoms with E-state index in [9.17, 15) is 13.2 Å². The van der Waals surface area contributed by atoms with Crippen LogP contribution in [0.5, 0.6) is 5.75 Å². The predicted octanol–water partition coefficient (Wildman–Crippen LogP) is 2.32. The van der Waals surface area contributed by atoms with Crippen molar-refractivity contribution in [3.63, 3.8) is 0 Å². The van der Waals surface area contributed by atoms with Gasteiger partial charge in [-0.15, -0.1) is 0 Å². The highest BCUT2D eigenvalue weighted by molar-refractivity contribution is 7.93. The lowest BCUT2D eigenvalue weighted by atomic mass is 10.1. The summed E-state index contributed by atoms with van der Waals surface area (Å²) in [6.45, 7) is 2.06. The lowest BCUT2D eigenvalue weighted by Gasteiger charge is -2.26. The summed E-state index contributed by atoms with van der Waals surface area (Å²) < 4.78 is 33.8. The number of rotatable bonds is 5. The molecule has 0 bridgehead atoms. The van der Waals surface area contributed by atoms with E-state index in [0.717, 1.165) is 5.56 Å². The first kappa shape index (κ1) is 20.0. The van der Waals surface area contributed by atoms with Crippen molar-refractivity contribution in [1.82, 2.24) is 15.1 Å². The molecule has 3 aromatic rings. The van der Waals surface area contributed by atoms with E-state index in [0.29, 0.717) is 34.9 Å². The highest BCUT2D eigenvalue weighted by Gasteiger charge is 2.36. The van der Waals surface area contributed by atoms with E-state index >= 15 is 0 Å². The van der Waals surface area contributed by atoms with Crippen LogP contribution in [0, 0.1) is 6.92 Å². The number of aromatic nitrogens is 2. The van der Waals surface area contributed by atoms with Crippen LogP contribution < -0.4 is 14.4 Å². The minimum Gasteiger partial charge on any atom is -0.496 e. The minimum absolute atomic E-state index is 0.0238. The van der Waals surface area contributed by atoms with Gasteiger partial charge in [-0.2, -0.15) is 5.10 Å². The number of nitrogens with one attached hydrogen (secondary N) is 1. The number of fused-ring (bicyclic) bond motifs is 3. The van der Waals surface area contributed by atoms with E-state index < -0.39 is 10.0 Å². The number of hydrogen-bond acceptors (Lipinski definition) is 5. The monoisotopic (exact) mass is 426 g/mol. The average molecular weight is 426 g/mol. The van der Waals surface area contributed by atoms with Crippen LogP contribution in [0.2, 0.25) is 0 Å². The fourth-order valence-electron chi connectivity index (χ4n) is 3.64. The molecule has 156 valence electrons. The third-order valence-corrected chi connectivity index (χ3v) is 7.05. The maximum absolute atomic E-state index is 12.9. The molecule has 2 heterocycles. The first-order chi connectivity index (χ1) is 14.3. The molecule has 30 heavy (non-hydrogen) atoms. The molecule has 0 atom stereocenters. The molecule has 0 fully saturated rings. The van der Waals surface area contributed by atoms with Gasteiger partial charge < -0.3 is 10.1 Å². The maximum Gasteiger partial charge on any atom is 0.264 e. The molecule has 0 aliphatic carbocycles. The number of amides is 1. The molecular formula is C21H22N4O4S. The number of benzene rings is 2. The summed E-state index contributed by atoms with van der Waals surface area (Å²) in [5.74, 6) is 0.467. The van der Waals surface area contributed by atoms with Crippen molar-refractivity contribution in [1.29, 1.82) is 0 Å². The molecule has 0 saturated carbocycles. The topological polar surface area (TPSA) is 93.5 Å². The number of sulfonamides is 1. The van der Waals surface area contributed by atoms with Gasteiger partial charge in [0.25, 0.3) is 10.0 Å². The van der Waals surface area contributed by atoms with Gasteiger partial charge in [-0.1, -0.05) is 36.4 Å². The van der Waals surface area contributed by atoms with E-state index in [-0.39, 0.29) is 17.3 Å². The van der Waals surface area contributed by atoms with Crippen LogP contribution in [0.15, 0.2) is 53.4 Å². The van der Waals surface area contributed by atoms with Crippen molar-refractivity contribution >= 4 is 21.6 Å². The molecule has 8 nitrogen and oxygen atoms in total. The Balaban J connectivity index is 1.60. The second kappa shape index (κ2) is 7.49. The van der Waals surface area contributed by atoms with Gasteiger partial charge in [-0.25, -0.2) is 8.42 Å². The lowest BCUT2D eigenvalue weighted by Crippen LogP contribution is -2.30. The van der Waals surface area contributed by atoms with Crippen molar-refractivity contribution in [3.8, 4) is 17.0 Å². The zero-order chi connectivity index (χ0) is 21.5. The fraction of sp³-hybridized carbons (Fsp3) is 0.238. The van der Waals surface area contributed by atoms with Gasteiger partial charge in [0.05, 0.1) is 17.7 Å². The Labute approximate surface area is 175 Å². The predicted molar refractivity (Wildman–Crippen MR) is 113 cm³/mol. The van der Waals surface area contributed by atoms with Crippen molar-refractivity contribution in [2.24, 2.45) is 0 Å². The molecule has 1 aliphatic heterocycles. The van der Waals surface area contributed by atoms with Gasteiger partial charge in [-0.3, -0.25) is 13.8 Å². The number of para-hydroxylation sites is 1. The van der Waals surface area contributed by atoms with E-state index in [1.54, 1.807) is 38.3 Å². The van der Waals surface area contributed by atoms with Crippen molar-refractivity contribution in [3.05, 3.63) is 59.8 Å². The Bertz CT molecular complexity index is 1230. The van der Waals surface area contributed by atoms with E-state index in [4.69, 9.17) is 4.74 Å². The van der Waals surface area contributed by atoms with E-state index in [2.05, 4.69) is 10.4 Å². The van der Waals surface area contributed by atoms with Gasteiger partial charge in [0, 0.05) is 24.7 Å². The number of hydrogen-bond donors (Lipinski definition) is 1. The van der Waals surface area contributed by atoms with Gasteiger partial charge in [0.2, 0.25) is 5.91 Å². The Hall–Kier alpha value is -3.33. The highest BCUT2D eigenvalue weighted by atomic mass is 32.2. The number of ether oxygens (including phenoxy) is 1. The first-order valence-electron chi connectivity index (χ1n) is 9.39. The van der Waals surface area contributed by atoms with Crippen LogP contribution in [0.1, 0.15) is 11.3 Å². The molecule has 1 aliphatic rings. The van der Waals surface area contributed by atoms with Crippen LogP contribution in [0.3, 0.4) is 0 Å². The van der Waals surface area contributed by atoms with E-state index in [1.807, 2.05) is 24.3 Å². The third kappa shape index (κ3) is 3.21. The summed E-state index contributed by atoms with van der Waals surface area (Å²) in [5, 5.41) is 7.43. The van der Waals surface area contributed by atoms with E-state index in [1.165, 1.54) is 16.0 Å². The van der Waals surface area contributed by atoms with Crippen molar-refractivity contribution < 1.29 is 17.9 Å². The second-order valence-electron chi connectivity index (χ2n) is 7.00. The van der Waals surface area contributed by atoms with Crippen LogP contribution in [-0.4, -0.2) is 38.3 Å². The molecule has 2 aromatic carbocycles. The summed E-state index contributed by atoms with van der Waals surface area (Å²) in [6.07, 6.45) is 0. The Morgan fingerprint density at radius 2 is 1.83 bits per heavy atom. The summed E-state index contributed by atoms with van der Waals surface area (Å²) in [5.41, 5.74) is 3.06. The molecule has 0 radical (unpaired) electrons. The molecular weight excluding hydrogens is 404 g/mol. The minimum atomic E-state index is -3.66. The van der Waals surface area contributed by atoms with Gasteiger partial charge in [0.1, 0.15) is 23.7 Å². The lowest BCUT2D eigenvalue weighted by molar-refractivity contribution is -0.122. The second-order valence-corrected chi connectivity index (χ2v) is 8.94. The SMILES string of the molecule is COc1ccccc1CNC(=O)Cn1nc2c(c1C)N(C)S(=O)(=O)c1ccccc1-2. The maximum atomic E-state index is 12.9. The summed E-state index contributed by atoms with van der Waals surface area (Å²) in [6, 6.07) is 14.2. The number of carbonyl (C=O) groups is 1. The fourth-order valence-corrected chi connectivity index (χ4v) is 5.09. The molecule has 9 heteroatoms. The first-order valence-corrected chi connectivity index (χ1v) is 10.8. The molecule has 0 spiro atoms. The highest BCUT2D eigenvalue weighted by Crippen LogP contribution is 2.43. The standard InChI is InChI=1S/C21H22N4O4S/c1-14-21-20(16-9-5-7-11-18(16)30(27,28)24(21)2)23-25(14)13-19(26)22-12-15-8-4-6-10-17(15)29-3/h4-11H,12-13H2,1-3H3,(H,22,26). The summed E-state index contributed by atoms with van der Waals surface area (Å²) >= 11 is 0. The van der Waals surface area contributed by atoms with Crippen LogP contribution >= 0.6 is 0 Å². The Morgan fingerprint density at radius 3 is 2.60 bits per heavy atom. The van der Waals surface area contributed by atoms with Crippen LogP contribution in [-0.2, 0) is 27.9 Å². The number of carbonyl (C=O) groups excluding carboxylic acids is 1. The quantitative estimate of drug-likeness (QED) is 0.676. The van der Waals surface area contributed by atoms with Crippen molar-refractivity contribution in [2.45, 2.75) is 24.9 Å². The normalized spacial score (nSPS) is 14.0. The molecule has 1 amide bonds. The van der Waals surface area contributed by atoms with Crippen LogP contribution in [0.25, 0.3) is 11.3 Å². The number of anilines is 1. The molecule has 0 unspecified atom stereocenters. The summed E-state index contributed by atoms with van der Waals surface area (Å²) in [7, 11) is -0.571. The zero-order valence-corrected chi connectivity index (χ0v) is 17.7. The summed E-state index contributed by atoms with van der Waals surface area (Å²) in [4.78, 5) is 12.8. The van der Waals surface area contributed by atoms with Crippen LogP contribution in [0.4, 0.5) is 5.69 Å². The van der Waals surface area contributed by atoms with Gasteiger partial charge >= 0.3 is 0 Å². The third-order valence-electron chi connectivity index (χ3n) is 5.23.